The van der Waals surface area contributed by atoms with Crippen molar-refractivity contribution in [3.05, 3.63) is 58.5 Å². The van der Waals surface area contributed by atoms with Crippen molar-refractivity contribution in [3.63, 3.8) is 0 Å². The summed E-state index contributed by atoms with van der Waals surface area (Å²) in [6, 6.07) is 9.46. The summed E-state index contributed by atoms with van der Waals surface area (Å²) in [5, 5.41) is 0.918. The van der Waals surface area contributed by atoms with Crippen LogP contribution in [0.3, 0.4) is 0 Å². The summed E-state index contributed by atoms with van der Waals surface area (Å²) in [5.41, 5.74) is 2.24. The molecular formula is C14H7Cl2FN2. The Bertz CT molecular complexity index is 774. The molecule has 0 atom stereocenters. The smallest absolute Gasteiger partial charge is 0.123 e. The molecule has 94 valence electrons. The van der Waals surface area contributed by atoms with E-state index in [1.54, 1.807) is 18.3 Å². The van der Waals surface area contributed by atoms with E-state index in [0.29, 0.717) is 32.3 Å². The average molecular weight is 293 g/mol. The van der Waals surface area contributed by atoms with Gasteiger partial charge in [0.25, 0.3) is 0 Å². The first-order chi connectivity index (χ1) is 9.15. The molecule has 3 aromatic rings. The van der Waals surface area contributed by atoms with E-state index in [4.69, 9.17) is 23.2 Å². The van der Waals surface area contributed by atoms with E-state index >= 15 is 0 Å². The fourth-order valence-electron chi connectivity index (χ4n) is 1.82. The molecule has 0 N–H and O–H groups in total. The summed E-state index contributed by atoms with van der Waals surface area (Å²) in [6.07, 6.45) is 1.55. The van der Waals surface area contributed by atoms with Crippen LogP contribution in [0.4, 0.5) is 4.39 Å². The van der Waals surface area contributed by atoms with Gasteiger partial charge in [-0.2, -0.15) is 0 Å². The number of hydrogen-bond donors (Lipinski definition) is 0. The number of nitrogens with zero attached hydrogens (tertiary/aromatic N) is 2. The van der Waals surface area contributed by atoms with E-state index in [-0.39, 0.29) is 5.82 Å². The summed E-state index contributed by atoms with van der Waals surface area (Å²) in [5.74, 6) is -0.375. The maximum Gasteiger partial charge on any atom is 0.123 e. The minimum atomic E-state index is -0.375. The molecule has 19 heavy (non-hydrogen) atoms. The number of fused-ring (bicyclic) bond motifs is 1. The van der Waals surface area contributed by atoms with Crippen LogP contribution in [0.5, 0.6) is 0 Å². The van der Waals surface area contributed by atoms with Crippen LogP contribution in [-0.4, -0.2) is 9.97 Å². The first kappa shape index (κ1) is 12.3. The largest absolute Gasteiger partial charge is 0.252 e. The second-order valence-electron chi connectivity index (χ2n) is 3.99. The van der Waals surface area contributed by atoms with Gasteiger partial charge in [0.15, 0.2) is 0 Å². The SMILES string of the molecule is Fc1ccc(Cl)c(-c2cnc3cccc(Cl)c3n2)c1. The third kappa shape index (κ3) is 2.27. The van der Waals surface area contributed by atoms with Gasteiger partial charge >= 0.3 is 0 Å². The molecule has 0 bridgehead atoms. The molecule has 0 spiro atoms. The minimum Gasteiger partial charge on any atom is -0.252 e. The summed E-state index contributed by atoms with van der Waals surface area (Å²) in [7, 11) is 0. The summed E-state index contributed by atoms with van der Waals surface area (Å²) in [6.45, 7) is 0. The molecular weight excluding hydrogens is 286 g/mol. The molecule has 0 radical (unpaired) electrons. The van der Waals surface area contributed by atoms with E-state index in [1.807, 2.05) is 6.07 Å². The Morgan fingerprint density at radius 1 is 1.00 bits per heavy atom. The van der Waals surface area contributed by atoms with Gasteiger partial charge in [-0.3, -0.25) is 4.98 Å². The van der Waals surface area contributed by atoms with Crippen LogP contribution in [0.1, 0.15) is 0 Å². The Balaban J connectivity index is 2.26. The number of benzene rings is 2. The molecule has 0 unspecified atom stereocenters. The molecule has 5 heteroatoms. The second kappa shape index (κ2) is 4.76. The zero-order valence-corrected chi connectivity index (χ0v) is 11.1. The lowest BCUT2D eigenvalue weighted by molar-refractivity contribution is 0.628. The zero-order valence-electron chi connectivity index (χ0n) is 9.57. The van der Waals surface area contributed by atoms with E-state index in [2.05, 4.69) is 9.97 Å². The Morgan fingerprint density at radius 2 is 1.84 bits per heavy atom. The fraction of sp³-hybridized carbons (Fsp3) is 0. The first-order valence-electron chi connectivity index (χ1n) is 5.52. The number of aromatic nitrogens is 2. The highest BCUT2D eigenvalue weighted by molar-refractivity contribution is 6.35. The van der Waals surface area contributed by atoms with Crippen molar-refractivity contribution < 1.29 is 4.39 Å². The molecule has 1 aromatic heterocycles. The lowest BCUT2D eigenvalue weighted by atomic mass is 10.1. The minimum absolute atomic E-state index is 0.375. The zero-order chi connectivity index (χ0) is 13.4. The van der Waals surface area contributed by atoms with Gasteiger partial charge in [0.05, 0.1) is 27.5 Å². The van der Waals surface area contributed by atoms with Crippen molar-refractivity contribution in [1.29, 1.82) is 0 Å². The average Bonchev–Trinajstić information content (AvgIpc) is 2.42. The molecule has 2 aromatic carbocycles. The van der Waals surface area contributed by atoms with Gasteiger partial charge in [-0.15, -0.1) is 0 Å². The molecule has 0 saturated heterocycles. The van der Waals surface area contributed by atoms with Crippen LogP contribution in [0.15, 0.2) is 42.6 Å². The van der Waals surface area contributed by atoms with Crippen molar-refractivity contribution in [2.24, 2.45) is 0 Å². The van der Waals surface area contributed by atoms with Crippen LogP contribution in [-0.2, 0) is 0 Å². The number of halogens is 3. The van der Waals surface area contributed by atoms with Gasteiger partial charge in [0.2, 0.25) is 0 Å². The van der Waals surface area contributed by atoms with Crippen molar-refractivity contribution in [2.45, 2.75) is 0 Å². The molecule has 0 amide bonds. The number of rotatable bonds is 1. The number of para-hydroxylation sites is 1. The topological polar surface area (TPSA) is 25.8 Å². The third-order valence-corrected chi connectivity index (χ3v) is 3.36. The van der Waals surface area contributed by atoms with Gasteiger partial charge in [-0.1, -0.05) is 29.3 Å². The molecule has 1 heterocycles. The first-order valence-corrected chi connectivity index (χ1v) is 6.27. The van der Waals surface area contributed by atoms with Gasteiger partial charge in [-0.05, 0) is 30.3 Å². The second-order valence-corrected chi connectivity index (χ2v) is 4.80. The standard InChI is InChI=1S/C14H7Cl2FN2/c15-10-5-4-8(17)6-9(10)13-7-18-12-3-1-2-11(16)14(12)19-13/h1-7H. The van der Waals surface area contributed by atoms with Gasteiger partial charge in [0.1, 0.15) is 11.3 Å². The van der Waals surface area contributed by atoms with E-state index in [9.17, 15) is 4.39 Å². The predicted molar refractivity (Wildman–Crippen MR) is 75.0 cm³/mol. The molecule has 0 aliphatic carbocycles. The Hall–Kier alpha value is -1.71. The molecule has 0 saturated carbocycles. The van der Waals surface area contributed by atoms with Crippen LogP contribution in [0, 0.1) is 5.82 Å². The van der Waals surface area contributed by atoms with Gasteiger partial charge in [-0.25, -0.2) is 9.37 Å². The van der Waals surface area contributed by atoms with Crippen LogP contribution in [0.25, 0.3) is 22.3 Å². The molecule has 0 aliphatic heterocycles. The van der Waals surface area contributed by atoms with Crippen molar-refractivity contribution in [3.8, 4) is 11.3 Å². The van der Waals surface area contributed by atoms with Gasteiger partial charge in [0, 0.05) is 5.56 Å². The van der Waals surface area contributed by atoms with Crippen molar-refractivity contribution in [2.75, 3.05) is 0 Å². The molecule has 2 nitrogen and oxygen atoms in total. The summed E-state index contributed by atoms with van der Waals surface area (Å²) >= 11 is 12.1. The normalized spacial score (nSPS) is 10.9. The van der Waals surface area contributed by atoms with Crippen molar-refractivity contribution in [1.82, 2.24) is 9.97 Å². The highest BCUT2D eigenvalue weighted by Gasteiger charge is 2.09. The number of hydrogen-bond acceptors (Lipinski definition) is 2. The highest BCUT2D eigenvalue weighted by atomic mass is 35.5. The molecule has 0 aliphatic rings. The van der Waals surface area contributed by atoms with Crippen LogP contribution in [0.2, 0.25) is 10.0 Å². The maximum absolute atomic E-state index is 13.3. The maximum atomic E-state index is 13.3. The Labute approximate surface area is 118 Å². The Kier molecular flexibility index (Phi) is 3.09. The lowest BCUT2D eigenvalue weighted by Crippen LogP contribution is -1.90. The van der Waals surface area contributed by atoms with E-state index < -0.39 is 0 Å². The lowest BCUT2D eigenvalue weighted by Gasteiger charge is -2.05. The monoisotopic (exact) mass is 292 g/mol. The van der Waals surface area contributed by atoms with Crippen LogP contribution >= 0.6 is 23.2 Å². The summed E-state index contributed by atoms with van der Waals surface area (Å²) < 4.78 is 13.3. The van der Waals surface area contributed by atoms with Crippen molar-refractivity contribution >= 4 is 34.2 Å². The van der Waals surface area contributed by atoms with E-state index in [1.165, 1.54) is 18.2 Å². The van der Waals surface area contributed by atoms with Crippen LogP contribution < -0.4 is 0 Å². The molecule has 3 rings (SSSR count). The predicted octanol–water partition coefficient (Wildman–Crippen LogP) is 4.74. The quantitative estimate of drug-likeness (QED) is 0.647. The van der Waals surface area contributed by atoms with Gasteiger partial charge < -0.3 is 0 Å². The summed E-state index contributed by atoms with van der Waals surface area (Å²) in [4.78, 5) is 8.66. The fourth-order valence-corrected chi connectivity index (χ4v) is 2.25. The Morgan fingerprint density at radius 3 is 2.68 bits per heavy atom. The molecule has 0 fully saturated rings. The highest BCUT2D eigenvalue weighted by Crippen LogP contribution is 2.29. The third-order valence-electron chi connectivity index (χ3n) is 2.73. The van der Waals surface area contributed by atoms with E-state index in [0.717, 1.165) is 0 Å².